The summed E-state index contributed by atoms with van der Waals surface area (Å²) in [6, 6.07) is 0. The first kappa shape index (κ1) is 24.7. The zero-order valence-corrected chi connectivity index (χ0v) is 21.5. The Kier molecular flexibility index (Phi) is 5.12. The monoisotopic (exact) mass is 482 g/mol. The van der Waals surface area contributed by atoms with Gasteiger partial charge in [0.05, 0.1) is 11.0 Å². The summed E-state index contributed by atoms with van der Waals surface area (Å²) in [4.78, 5) is 25.8. The van der Waals surface area contributed by atoms with Gasteiger partial charge in [0.1, 0.15) is 23.1 Å². The zero-order chi connectivity index (χ0) is 25.8. The second-order valence-corrected chi connectivity index (χ2v) is 12.3. The number of hydrogen-bond acceptors (Lipinski definition) is 6. The molecule has 35 heavy (non-hydrogen) atoms. The number of ether oxygens (including phenoxy) is 1. The molecule has 0 saturated heterocycles. The van der Waals surface area contributed by atoms with Crippen LogP contribution in [0, 0.1) is 22.7 Å². The van der Waals surface area contributed by atoms with Gasteiger partial charge < -0.3 is 20.1 Å². The van der Waals surface area contributed by atoms with Crippen LogP contribution < -0.4 is 0 Å². The Balaban J connectivity index is 1.55. The molecule has 1 heterocycles. The molecule has 8 atom stereocenters. The van der Waals surface area contributed by atoms with Crippen molar-refractivity contribution in [1.29, 1.82) is 0 Å². The first-order chi connectivity index (χ1) is 16.1. The number of aliphatic hydroxyl groups is 3. The summed E-state index contributed by atoms with van der Waals surface area (Å²) in [5, 5.41) is 36.7. The molecule has 6 heteroatoms. The average Bonchev–Trinajstić information content (AvgIpc) is 3.02. The maximum Gasteiger partial charge on any atom is 0.182 e. The van der Waals surface area contributed by atoms with Gasteiger partial charge in [0.15, 0.2) is 11.6 Å². The molecule has 2 fully saturated rings. The molecular weight excluding hydrogens is 444 g/mol. The van der Waals surface area contributed by atoms with E-state index in [2.05, 4.69) is 6.58 Å². The fourth-order valence-electron chi connectivity index (χ4n) is 8.43. The Hall–Kier alpha value is -2.02. The molecule has 190 valence electrons. The van der Waals surface area contributed by atoms with Gasteiger partial charge in [-0.1, -0.05) is 25.2 Å². The van der Waals surface area contributed by atoms with Gasteiger partial charge in [0, 0.05) is 17.4 Å². The molecule has 0 aromatic heterocycles. The van der Waals surface area contributed by atoms with Crippen LogP contribution >= 0.6 is 0 Å². The fourth-order valence-corrected chi connectivity index (χ4v) is 8.43. The molecule has 1 aliphatic heterocycles. The predicted molar refractivity (Wildman–Crippen MR) is 131 cm³/mol. The van der Waals surface area contributed by atoms with Gasteiger partial charge in [0.25, 0.3) is 0 Å². The summed E-state index contributed by atoms with van der Waals surface area (Å²) in [7, 11) is 0. The van der Waals surface area contributed by atoms with E-state index in [1.807, 2.05) is 33.8 Å². The van der Waals surface area contributed by atoms with E-state index in [0.717, 1.165) is 11.1 Å². The van der Waals surface area contributed by atoms with Crippen LogP contribution in [0.15, 0.2) is 47.3 Å². The highest BCUT2D eigenvalue weighted by molar-refractivity contribution is 6.18. The van der Waals surface area contributed by atoms with Crippen molar-refractivity contribution in [3.8, 4) is 0 Å². The van der Waals surface area contributed by atoms with E-state index in [0.29, 0.717) is 43.4 Å². The summed E-state index contributed by atoms with van der Waals surface area (Å²) in [5.74, 6) is -0.263. The highest BCUT2D eigenvalue weighted by atomic mass is 16.5. The molecule has 0 bridgehead atoms. The van der Waals surface area contributed by atoms with Gasteiger partial charge in [-0.05, 0) is 89.4 Å². The number of hydrogen-bond donors (Lipinski definition) is 3. The van der Waals surface area contributed by atoms with Crippen LogP contribution in [0.2, 0.25) is 0 Å². The number of ketones is 2. The third kappa shape index (κ3) is 2.76. The molecule has 0 spiro atoms. The summed E-state index contributed by atoms with van der Waals surface area (Å²) in [6.07, 6.45) is 6.29. The first-order valence-electron chi connectivity index (χ1n) is 12.8. The van der Waals surface area contributed by atoms with Crippen LogP contribution in [-0.4, -0.2) is 49.8 Å². The van der Waals surface area contributed by atoms with E-state index in [1.54, 1.807) is 6.92 Å². The Morgan fingerprint density at radius 2 is 1.77 bits per heavy atom. The van der Waals surface area contributed by atoms with Crippen molar-refractivity contribution in [2.75, 3.05) is 0 Å². The van der Waals surface area contributed by atoms with E-state index in [4.69, 9.17) is 4.74 Å². The van der Waals surface area contributed by atoms with E-state index in [9.17, 15) is 24.9 Å². The van der Waals surface area contributed by atoms with E-state index < -0.39 is 33.7 Å². The van der Waals surface area contributed by atoms with E-state index >= 15 is 0 Å². The lowest BCUT2D eigenvalue weighted by Gasteiger charge is -2.63. The number of rotatable bonds is 2. The molecule has 0 aromatic rings. The summed E-state index contributed by atoms with van der Waals surface area (Å²) < 4.78 is 6.05. The molecule has 0 aromatic carbocycles. The van der Waals surface area contributed by atoms with E-state index in [1.165, 1.54) is 12.2 Å². The third-order valence-corrected chi connectivity index (χ3v) is 11.1. The molecule has 3 unspecified atom stereocenters. The molecule has 5 rings (SSSR count). The highest BCUT2D eigenvalue weighted by Crippen LogP contribution is 2.70. The SMILES string of the molecule is C=C1OC([C@](C)(O)[C@]2(O)CC[C@@]3(O)C4CC=C5C(=O)C=CC(=O)[C@]5(C)C4CC[C@]23C)CC(C)=C1C. The maximum absolute atomic E-state index is 13.1. The Morgan fingerprint density at radius 3 is 2.43 bits per heavy atom. The van der Waals surface area contributed by atoms with Crippen LogP contribution in [0.1, 0.15) is 73.1 Å². The van der Waals surface area contributed by atoms with Crippen molar-refractivity contribution in [2.45, 2.75) is 96.1 Å². The second-order valence-electron chi connectivity index (χ2n) is 12.3. The zero-order valence-electron chi connectivity index (χ0n) is 21.5. The number of carbonyl (C=O) groups is 2. The molecule has 0 radical (unpaired) electrons. The van der Waals surface area contributed by atoms with Crippen molar-refractivity contribution in [1.82, 2.24) is 0 Å². The van der Waals surface area contributed by atoms with Gasteiger partial charge in [-0.2, -0.15) is 0 Å². The fraction of sp³-hybridized carbons (Fsp3) is 0.655. The predicted octanol–water partition coefficient (Wildman–Crippen LogP) is 3.71. The number of carbonyl (C=O) groups excluding carboxylic acids is 2. The first-order valence-corrected chi connectivity index (χ1v) is 12.8. The molecule has 0 amide bonds. The lowest BCUT2D eigenvalue weighted by molar-refractivity contribution is -0.278. The van der Waals surface area contributed by atoms with Crippen LogP contribution in [0.3, 0.4) is 0 Å². The van der Waals surface area contributed by atoms with Crippen molar-refractivity contribution in [3.05, 3.63) is 47.3 Å². The van der Waals surface area contributed by atoms with Gasteiger partial charge in [-0.15, -0.1) is 0 Å². The van der Waals surface area contributed by atoms with Gasteiger partial charge >= 0.3 is 0 Å². The minimum absolute atomic E-state index is 0.0998. The van der Waals surface area contributed by atoms with Crippen LogP contribution in [0.5, 0.6) is 0 Å². The van der Waals surface area contributed by atoms with E-state index in [-0.39, 0.29) is 29.8 Å². The summed E-state index contributed by atoms with van der Waals surface area (Å²) in [6.45, 7) is 13.2. The van der Waals surface area contributed by atoms with Gasteiger partial charge in [0.2, 0.25) is 0 Å². The molecular formula is C29H38O6. The Morgan fingerprint density at radius 1 is 1.09 bits per heavy atom. The average molecular weight is 483 g/mol. The standard InChI is InChI=1S/C29H38O6/c1-16-15-24(35-18(3)17(16)2)27(6,32)29(34)14-13-28(33)20-7-8-21-22(30)9-10-23(31)26(21,5)19(20)11-12-25(28,29)4/h8-10,19-20,24,32-34H,3,7,11-15H2,1-2,4-6H3/t19?,20?,24?,25-,26+,27-,28+,29-/m0/s1. The van der Waals surface area contributed by atoms with Crippen molar-refractivity contribution in [2.24, 2.45) is 22.7 Å². The summed E-state index contributed by atoms with van der Waals surface area (Å²) >= 11 is 0. The van der Waals surface area contributed by atoms with Crippen molar-refractivity contribution in [3.63, 3.8) is 0 Å². The number of fused-ring (bicyclic) bond motifs is 5. The number of allylic oxidation sites excluding steroid dienone is 5. The lowest BCUT2D eigenvalue weighted by atomic mass is 9.44. The maximum atomic E-state index is 13.1. The quantitative estimate of drug-likeness (QED) is 0.554. The third-order valence-electron chi connectivity index (χ3n) is 11.1. The van der Waals surface area contributed by atoms with Crippen LogP contribution in [-0.2, 0) is 14.3 Å². The Labute approximate surface area is 207 Å². The van der Waals surface area contributed by atoms with Gasteiger partial charge in [-0.3, -0.25) is 9.59 Å². The topological polar surface area (TPSA) is 104 Å². The Bertz CT molecular complexity index is 1130. The second kappa shape index (κ2) is 7.27. The minimum atomic E-state index is -1.65. The van der Waals surface area contributed by atoms with Crippen LogP contribution in [0.25, 0.3) is 0 Å². The molecule has 5 aliphatic rings. The molecule has 4 aliphatic carbocycles. The lowest BCUT2D eigenvalue weighted by Crippen LogP contribution is -2.72. The highest BCUT2D eigenvalue weighted by Gasteiger charge is 2.76. The summed E-state index contributed by atoms with van der Waals surface area (Å²) in [5.41, 5.74) is -4.03. The smallest absolute Gasteiger partial charge is 0.182 e. The molecule has 3 N–H and O–H groups in total. The van der Waals surface area contributed by atoms with Crippen molar-refractivity contribution < 1.29 is 29.6 Å². The van der Waals surface area contributed by atoms with Crippen molar-refractivity contribution >= 4 is 11.6 Å². The minimum Gasteiger partial charge on any atom is -0.487 e. The molecule has 2 saturated carbocycles. The normalized spacial score (nSPS) is 46.9. The molecule has 6 nitrogen and oxygen atoms in total. The largest absolute Gasteiger partial charge is 0.487 e. The van der Waals surface area contributed by atoms with Gasteiger partial charge in [-0.25, -0.2) is 0 Å². The van der Waals surface area contributed by atoms with Crippen LogP contribution in [0.4, 0.5) is 0 Å².